The van der Waals surface area contributed by atoms with E-state index in [0.29, 0.717) is 22.5 Å². The summed E-state index contributed by atoms with van der Waals surface area (Å²) >= 11 is 0. The molecule has 0 saturated carbocycles. The molecule has 0 aliphatic carbocycles. The molecule has 1 N–H and O–H groups in total. The molecule has 0 aliphatic rings. The van der Waals surface area contributed by atoms with Crippen LogP contribution in [0.5, 0.6) is 0 Å². The monoisotopic (exact) mass is 347 g/mol. The molecular weight excluding hydrogens is 334 g/mol. The highest BCUT2D eigenvalue weighted by atomic mass is 16.5. The standard InChI is InChI=1S/C18H13N5O3/c1-26-18(25)15-11-23(22-21-15)16-8-3-2-7-14(16)20-17(24)13-6-4-5-12(9-13)10-19/h2-9,11H,1H3,(H,20,24). The largest absolute Gasteiger partial charge is 0.464 e. The molecule has 0 unspecified atom stereocenters. The van der Waals surface area contributed by atoms with Crippen molar-refractivity contribution in [3.05, 3.63) is 71.5 Å². The first-order valence-corrected chi connectivity index (χ1v) is 7.54. The first-order chi connectivity index (χ1) is 12.6. The zero-order valence-electron chi connectivity index (χ0n) is 13.7. The molecule has 3 rings (SSSR count). The number of esters is 1. The highest BCUT2D eigenvalue weighted by molar-refractivity contribution is 6.05. The van der Waals surface area contributed by atoms with E-state index in [9.17, 15) is 9.59 Å². The van der Waals surface area contributed by atoms with E-state index in [0.717, 1.165) is 0 Å². The fourth-order valence-electron chi connectivity index (χ4n) is 2.28. The minimum Gasteiger partial charge on any atom is -0.464 e. The fraction of sp³-hybridized carbons (Fsp3) is 0.0556. The van der Waals surface area contributed by atoms with E-state index in [2.05, 4.69) is 20.4 Å². The summed E-state index contributed by atoms with van der Waals surface area (Å²) in [7, 11) is 1.25. The second-order valence-electron chi connectivity index (χ2n) is 5.20. The lowest BCUT2D eigenvalue weighted by atomic mass is 10.1. The van der Waals surface area contributed by atoms with Gasteiger partial charge in [-0.1, -0.05) is 23.4 Å². The smallest absolute Gasteiger partial charge is 0.360 e. The third-order valence-electron chi connectivity index (χ3n) is 3.54. The lowest BCUT2D eigenvalue weighted by Crippen LogP contribution is -2.14. The molecule has 0 bridgehead atoms. The normalized spacial score (nSPS) is 10.0. The maximum Gasteiger partial charge on any atom is 0.360 e. The minimum absolute atomic E-state index is 0.0513. The molecular formula is C18H13N5O3. The van der Waals surface area contributed by atoms with Gasteiger partial charge in [0, 0.05) is 5.56 Å². The van der Waals surface area contributed by atoms with Crippen LogP contribution in [0.4, 0.5) is 5.69 Å². The van der Waals surface area contributed by atoms with Crippen molar-refractivity contribution in [1.82, 2.24) is 15.0 Å². The number of aromatic nitrogens is 3. The van der Waals surface area contributed by atoms with E-state index in [1.54, 1.807) is 42.5 Å². The Bertz CT molecular complexity index is 1020. The molecule has 0 fully saturated rings. The van der Waals surface area contributed by atoms with Gasteiger partial charge in [0.1, 0.15) is 0 Å². The van der Waals surface area contributed by atoms with Gasteiger partial charge in [0.05, 0.1) is 36.3 Å². The third kappa shape index (κ3) is 3.42. The molecule has 1 heterocycles. The molecule has 26 heavy (non-hydrogen) atoms. The molecule has 1 aromatic heterocycles. The second-order valence-corrected chi connectivity index (χ2v) is 5.20. The average Bonchev–Trinajstić information content (AvgIpc) is 3.17. The number of para-hydroxylation sites is 2. The van der Waals surface area contributed by atoms with Gasteiger partial charge in [-0.15, -0.1) is 5.10 Å². The number of nitriles is 1. The molecule has 8 nitrogen and oxygen atoms in total. The average molecular weight is 347 g/mol. The molecule has 8 heteroatoms. The summed E-state index contributed by atoms with van der Waals surface area (Å²) in [6.45, 7) is 0. The van der Waals surface area contributed by atoms with Crippen LogP contribution >= 0.6 is 0 Å². The molecule has 0 spiro atoms. The number of amides is 1. The van der Waals surface area contributed by atoms with Gasteiger partial charge in [-0.05, 0) is 30.3 Å². The lowest BCUT2D eigenvalue weighted by molar-refractivity contribution is 0.0593. The predicted molar refractivity (Wildman–Crippen MR) is 91.8 cm³/mol. The summed E-state index contributed by atoms with van der Waals surface area (Å²) < 4.78 is 5.98. The van der Waals surface area contributed by atoms with Crippen LogP contribution in [-0.4, -0.2) is 34.0 Å². The minimum atomic E-state index is -0.605. The van der Waals surface area contributed by atoms with Crippen molar-refractivity contribution < 1.29 is 14.3 Å². The van der Waals surface area contributed by atoms with E-state index in [1.165, 1.54) is 24.1 Å². The number of benzene rings is 2. The number of hydrogen-bond acceptors (Lipinski definition) is 6. The van der Waals surface area contributed by atoms with Crippen molar-refractivity contribution in [3.8, 4) is 11.8 Å². The Balaban J connectivity index is 1.90. The number of nitrogens with zero attached hydrogens (tertiary/aromatic N) is 4. The Hall–Kier alpha value is -3.99. The van der Waals surface area contributed by atoms with Gasteiger partial charge in [-0.2, -0.15) is 5.26 Å². The van der Waals surface area contributed by atoms with Crippen LogP contribution in [0.2, 0.25) is 0 Å². The zero-order valence-corrected chi connectivity index (χ0v) is 13.7. The van der Waals surface area contributed by atoms with Crippen LogP contribution in [0.15, 0.2) is 54.7 Å². The van der Waals surface area contributed by atoms with Gasteiger partial charge in [0.15, 0.2) is 5.69 Å². The number of ether oxygens (including phenoxy) is 1. The van der Waals surface area contributed by atoms with Gasteiger partial charge < -0.3 is 10.1 Å². The first kappa shape index (κ1) is 16.9. The van der Waals surface area contributed by atoms with Gasteiger partial charge in [-0.3, -0.25) is 4.79 Å². The zero-order chi connectivity index (χ0) is 18.5. The summed E-state index contributed by atoms with van der Waals surface area (Å²) in [4.78, 5) is 24.0. The van der Waals surface area contributed by atoms with Crippen LogP contribution in [0, 0.1) is 11.3 Å². The Morgan fingerprint density at radius 3 is 2.77 bits per heavy atom. The molecule has 1 amide bonds. The van der Waals surface area contributed by atoms with E-state index >= 15 is 0 Å². The topological polar surface area (TPSA) is 110 Å². The summed E-state index contributed by atoms with van der Waals surface area (Å²) in [6, 6.07) is 15.3. The Morgan fingerprint density at radius 2 is 2.00 bits per heavy atom. The molecule has 0 radical (unpaired) electrons. The van der Waals surface area contributed by atoms with E-state index in [4.69, 9.17) is 5.26 Å². The van der Waals surface area contributed by atoms with Crippen molar-refractivity contribution in [2.75, 3.05) is 12.4 Å². The predicted octanol–water partition coefficient (Wildman–Crippen LogP) is 2.18. The van der Waals surface area contributed by atoms with Gasteiger partial charge in [0.25, 0.3) is 5.91 Å². The summed E-state index contributed by atoms with van der Waals surface area (Å²) in [5.74, 6) is -0.978. The van der Waals surface area contributed by atoms with Crippen LogP contribution in [0.25, 0.3) is 5.69 Å². The van der Waals surface area contributed by atoms with Crippen LogP contribution in [-0.2, 0) is 4.74 Å². The Labute approximate surface area is 148 Å². The molecule has 0 aliphatic heterocycles. The summed E-state index contributed by atoms with van der Waals surface area (Å²) in [6.07, 6.45) is 1.41. The van der Waals surface area contributed by atoms with Crippen LogP contribution in [0.1, 0.15) is 26.4 Å². The molecule has 2 aromatic carbocycles. The number of carbonyl (C=O) groups is 2. The van der Waals surface area contributed by atoms with E-state index in [1.807, 2.05) is 6.07 Å². The van der Waals surface area contributed by atoms with Gasteiger partial charge in [0.2, 0.25) is 0 Å². The van der Waals surface area contributed by atoms with E-state index in [-0.39, 0.29) is 11.6 Å². The maximum absolute atomic E-state index is 12.5. The SMILES string of the molecule is COC(=O)c1cn(-c2ccccc2NC(=O)c2cccc(C#N)c2)nn1. The summed E-state index contributed by atoms with van der Waals surface area (Å²) in [5, 5.41) is 19.4. The van der Waals surface area contributed by atoms with Gasteiger partial charge >= 0.3 is 5.97 Å². The van der Waals surface area contributed by atoms with Crippen molar-refractivity contribution >= 4 is 17.6 Å². The first-order valence-electron chi connectivity index (χ1n) is 7.54. The van der Waals surface area contributed by atoms with Crippen molar-refractivity contribution in [2.45, 2.75) is 0 Å². The van der Waals surface area contributed by atoms with Crippen LogP contribution < -0.4 is 5.32 Å². The highest BCUT2D eigenvalue weighted by Gasteiger charge is 2.15. The quantitative estimate of drug-likeness (QED) is 0.724. The lowest BCUT2D eigenvalue weighted by Gasteiger charge is -2.10. The molecule has 0 saturated heterocycles. The third-order valence-corrected chi connectivity index (χ3v) is 3.54. The maximum atomic E-state index is 12.5. The second kappa shape index (κ2) is 7.27. The molecule has 0 atom stereocenters. The Kier molecular flexibility index (Phi) is 4.71. The highest BCUT2D eigenvalue weighted by Crippen LogP contribution is 2.20. The van der Waals surface area contributed by atoms with Crippen molar-refractivity contribution in [1.29, 1.82) is 5.26 Å². The number of anilines is 1. The van der Waals surface area contributed by atoms with Crippen molar-refractivity contribution in [3.63, 3.8) is 0 Å². The van der Waals surface area contributed by atoms with E-state index < -0.39 is 5.97 Å². The fourth-order valence-corrected chi connectivity index (χ4v) is 2.28. The number of nitrogens with one attached hydrogen (secondary N) is 1. The summed E-state index contributed by atoms with van der Waals surface area (Å²) in [5.41, 5.74) is 1.80. The number of hydrogen-bond donors (Lipinski definition) is 1. The Morgan fingerprint density at radius 1 is 1.19 bits per heavy atom. The van der Waals surface area contributed by atoms with Crippen molar-refractivity contribution in [2.24, 2.45) is 0 Å². The van der Waals surface area contributed by atoms with Gasteiger partial charge in [-0.25, -0.2) is 9.48 Å². The number of rotatable bonds is 4. The number of methoxy groups -OCH3 is 1. The molecule has 3 aromatic rings. The number of carbonyl (C=O) groups excluding carboxylic acids is 2. The molecule has 128 valence electrons. The van der Waals surface area contributed by atoms with Crippen LogP contribution in [0.3, 0.4) is 0 Å².